The van der Waals surface area contributed by atoms with Crippen LogP contribution in [-0.2, 0) is 4.79 Å². The average molecular weight is 332 g/mol. The van der Waals surface area contributed by atoms with Crippen LogP contribution in [-0.4, -0.2) is 25.7 Å². The van der Waals surface area contributed by atoms with Crippen LogP contribution in [0.2, 0.25) is 0 Å². The van der Waals surface area contributed by atoms with Crippen LogP contribution in [0.25, 0.3) is 0 Å². The molecule has 1 aliphatic rings. The van der Waals surface area contributed by atoms with Gasteiger partial charge in [0.15, 0.2) is 0 Å². The van der Waals surface area contributed by atoms with Gasteiger partial charge in [0.1, 0.15) is 5.92 Å². The van der Waals surface area contributed by atoms with E-state index in [-0.39, 0.29) is 5.91 Å². The van der Waals surface area contributed by atoms with E-state index in [0.717, 1.165) is 11.3 Å². The van der Waals surface area contributed by atoms with E-state index >= 15 is 0 Å². The number of carbonyl (C=O) groups is 1. The number of para-hydroxylation sites is 1. The van der Waals surface area contributed by atoms with Crippen molar-refractivity contribution in [2.24, 2.45) is 11.0 Å². The molecule has 0 aromatic heterocycles. The molecule has 5 nitrogen and oxygen atoms in total. The van der Waals surface area contributed by atoms with Gasteiger partial charge in [0.25, 0.3) is 5.91 Å². The fourth-order valence-electron chi connectivity index (χ4n) is 3.04. The Kier molecular flexibility index (Phi) is 4.53. The molecule has 25 heavy (non-hydrogen) atoms. The Morgan fingerprint density at radius 1 is 1.12 bits per heavy atom. The molecule has 1 amide bonds. The fourth-order valence-corrected chi connectivity index (χ4v) is 3.04. The van der Waals surface area contributed by atoms with Crippen molar-refractivity contribution < 1.29 is 4.79 Å². The Morgan fingerprint density at radius 3 is 2.32 bits per heavy atom. The number of benzene rings is 2. The first-order valence-electron chi connectivity index (χ1n) is 8.14. The van der Waals surface area contributed by atoms with E-state index in [9.17, 15) is 10.1 Å². The van der Waals surface area contributed by atoms with Gasteiger partial charge in [-0.2, -0.15) is 10.4 Å². The highest BCUT2D eigenvalue weighted by Gasteiger charge is 2.40. The highest BCUT2D eigenvalue weighted by Crippen LogP contribution is 2.34. The van der Waals surface area contributed by atoms with Gasteiger partial charge in [-0.15, -0.1) is 0 Å². The zero-order valence-electron chi connectivity index (χ0n) is 14.5. The number of hydrogen-bond donors (Lipinski definition) is 0. The molecule has 2 aromatic rings. The molecule has 0 saturated heterocycles. The van der Waals surface area contributed by atoms with E-state index in [4.69, 9.17) is 0 Å². The summed E-state index contributed by atoms with van der Waals surface area (Å²) >= 11 is 0. The Bertz CT molecular complexity index is 834. The van der Waals surface area contributed by atoms with Crippen LogP contribution in [0, 0.1) is 17.2 Å². The lowest BCUT2D eigenvalue weighted by molar-refractivity contribution is -0.120. The van der Waals surface area contributed by atoms with Crippen molar-refractivity contribution in [2.75, 3.05) is 24.0 Å². The Morgan fingerprint density at radius 2 is 1.76 bits per heavy atom. The Labute approximate surface area is 147 Å². The lowest BCUT2D eigenvalue weighted by Gasteiger charge is -2.19. The van der Waals surface area contributed by atoms with Crippen molar-refractivity contribution in [2.45, 2.75) is 12.8 Å². The summed E-state index contributed by atoms with van der Waals surface area (Å²) in [6.07, 6.45) is 0. The van der Waals surface area contributed by atoms with E-state index in [1.165, 1.54) is 5.01 Å². The van der Waals surface area contributed by atoms with Crippen molar-refractivity contribution in [3.63, 3.8) is 0 Å². The molecule has 0 N–H and O–H groups in total. The summed E-state index contributed by atoms with van der Waals surface area (Å²) in [5, 5.41) is 15.5. The fraction of sp³-hybridized carbons (Fsp3) is 0.250. The van der Waals surface area contributed by atoms with Gasteiger partial charge in [-0.3, -0.25) is 4.79 Å². The molecule has 0 radical (unpaired) electrons. The molecular formula is C20H20N4O. The van der Waals surface area contributed by atoms with Crippen LogP contribution in [0.5, 0.6) is 0 Å². The first-order chi connectivity index (χ1) is 12.0. The van der Waals surface area contributed by atoms with Gasteiger partial charge in [0.05, 0.1) is 23.4 Å². The highest BCUT2D eigenvalue weighted by molar-refractivity contribution is 6.15. The van der Waals surface area contributed by atoms with Crippen molar-refractivity contribution in [3.05, 3.63) is 60.2 Å². The largest absolute Gasteiger partial charge is 0.378 e. The predicted molar refractivity (Wildman–Crippen MR) is 99.7 cm³/mol. The van der Waals surface area contributed by atoms with Gasteiger partial charge in [-0.25, -0.2) is 5.01 Å². The molecule has 0 bridgehead atoms. The van der Waals surface area contributed by atoms with Crippen molar-refractivity contribution in [3.8, 4) is 6.07 Å². The number of rotatable bonds is 4. The molecule has 2 unspecified atom stereocenters. The second-order valence-corrected chi connectivity index (χ2v) is 6.30. The maximum Gasteiger partial charge on any atom is 0.257 e. The SMILES string of the molecule is CC1=NN(c2ccccc2)C(=O)C1C(C#N)c1ccc(N(C)C)cc1. The van der Waals surface area contributed by atoms with Gasteiger partial charge in [-0.05, 0) is 36.8 Å². The van der Waals surface area contributed by atoms with E-state index in [0.29, 0.717) is 11.4 Å². The standard InChI is InChI=1S/C20H20N4O/c1-14-19(20(25)24(22-14)17-7-5-4-6-8-17)18(13-21)15-9-11-16(12-10-15)23(2)3/h4-12,18-19H,1-3H3. The topological polar surface area (TPSA) is 59.7 Å². The molecule has 2 aromatic carbocycles. The van der Waals surface area contributed by atoms with Gasteiger partial charge < -0.3 is 4.90 Å². The molecular weight excluding hydrogens is 312 g/mol. The molecule has 0 fully saturated rings. The highest BCUT2D eigenvalue weighted by atomic mass is 16.2. The lowest BCUT2D eigenvalue weighted by Crippen LogP contribution is -2.31. The van der Waals surface area contributed by atoms with Crippen LogP contribution < -0.4 is 9.91 Å². The number of hydrogen-bond acceptors (Lipinski definition) is 4. The predicted octanol–water partition coefficient (Wildman–Crippen LogP) is 3.40. The van der Waals surface area contributed by atoms with Gasteiger partial charge in [0, 0.05) is 19.8 Å². The van der Waals surface area contributed by atoms with E-state index < -0.39 is 11.8 Å². The van der Waals surface area contributed by atoms with Crippen LogP contribution in [0.1, 0.15) is 18.4 Å². The summed E-state index contributed by atoms with van der Waals surface area (Å²) in [6, 6.07) is 19.3. The Balaban J connectivity index is 1.90. The molecule has 2 atom stereocenters. The van der Waals surface area contributed by atoms with Crippen molar-refractivity contribution in [1.82, 2.24) is 0 Å². The van der Waals surface area contributed by atoms with E-state index in [1.54, 1.807) is 0 Å². The average Bonchev–Trinajstić information content (AvgIpc) is 2.92. The summed E-state index contributed by atoms with van der Waals surface area (Å²) in [4.78, 5) is 14.9. The molecule has 3 rings (SSSR count). The molecule has 126 valence electrons. The molecule has 1 aliphatic heterocycles. The zero-order valence-corrected chi connectivity index (χ0v) is 14.5. The third-order valence-corrected chi connectivity index (χ3v) is 4.42. The molecule has 5 heteroatoms. The summed E-state index contributed by atoms with van der Waals surface area (Å²) < 4.78 is 0. The van der Waals surface area contributed by atoms with Crippen molar-refractivity contribution in [1.29, 1.82) is 5.26 Å². The normalized spacial score (nSPS) is 17.8. The minimum atomic E-state index is -0.560. The summed E-state index contributed by atoms with van der Waals surface area (Å²) in [7, 11) is 3.93. The van der Waals surface area contributed by atoms with Crippen LogP contribution in [0.4, 0.5) is 11.4 Å². The zero-order chi connectivity index (χ0) is 18.0. The summed E-state index contributed by atoms with van der Waals surface area (Å²) in [5.74, 6) is -1.27. The molecule has 0 spiro atoms. The van der Waals surface area contributed by atoms with Crippen LogP contribution >= 0.6 is 0 Å². The van der Waals surface area contributed by atoms with E-state index in [2.05, 4.69) is 11.2 Å². The number of carbonyl (C=O) groups excluding carboxylic acids is 1. The second-order valence-electron chi connectivity index (χ2n) is 6.30. The van der Waals surface area contributed by atoms with Crippen LogP contribution in [0.3, 0.4) is 0 Å². The second kappa shape index (κ2) is 6.78. The van der Waals surface area contributed by atoms with E-state index in [1.807, 2.05) is 80.5 Å². The number of amides is 1. The maximum absolute atomic E-state index is 12.9. The van der Waals surface area contributed by atoms with Crippen molar-refractivity contribution >= 4 is 23.0 Å². The minimum absolute atomic E-state index is 0.160. The van der Waals surface area contributed by atoms with Gasteiger partial charge in [0.2, 0.25) is 0 Å². The smallest absolute Gasteiger partial charge is 0.257 e. The molecule has 1 heterocycles. The lowest BCUT2D eigenvalue weighted by atomic mass is 9.84. The first-order valence-corrected chi connectivity index (χ1v) is 8.14. The number of hydrazone groups is 1. The molecule has 0 saturated carbocycles. The quantitative estimate of drug-likeness (QED) is 0.862. The summed E-state index contributed by atoms with van der Waals surface area (Å²) in [5.41, 5.74) is 3.26. The first kappa shape index (κ1) is 16.7. The minimum Gasteiger partial charge on any atom is -0.378 e. The molecule has 0 aliphatic carbocycles. The third-order valence-electron chi connectivity index (χ3n) is 4.42. The monoisotopic (exact) mass is 332 g/mol. The number of nitrogens with zero attached hydrogens (tertiary/aromatic N) is 4. The van der Waals surface area contributed by atoms with Crippen LogP contribution in [0.15, 0.2) is 59.7 Å². The van der Waals surface area contributed by atoms with Gasteiger partial charge >= 0.3 is 0 Å². The number of nitriles is 1. The maximum atomic E-state index is 12.9. The van der Waals surface area contributed by atoms with Gasteiger partial charge in [-0.1, -0.05) is 30.3 Å². The number of anilines is 2. The third kappa shape index (κ3) is 3.11. The summed E-state index contributed by atoms with van der Waals surface area (Å²) in [6.45, 7) is 1.81. The Hall–Kier alpha value is -3.13.